The molecule has 2 amide bonds. The van der Waals surface area contributed by atoms with Gasteiger partial charge in [0.1, 0.15) is 6.04 Å². The van der Waals surface area contributed by atoms with E-state index in [0.717, 1.165) is 6.42 Å². The summed E-state index contributed by atoms with van der Waals surface area (Å²) in [5.41, 5.74) is -0.243. The largest absolute Gasteiger partial charge is 0.350 e. The van der Waals surface area contributed by atoms with Crippen LogP contribution in [0.5, 0.6) is 0 Å². The second-order valence-corrected chi connectivity index (χ2v) is 7.12. The number of rotatable bonds is 3. The molecule has 5 heteroatoms. The van der Waals surface area contributed by atoms with Crippen LogP contribution < -0.4 is 10.6 Å². The molecule has 2 aliphatic heterocycles. The minimum Gasteiger partial charge on any atom is -0.350 e. The van der Waals surface area contributed by atoms with E-state index in [4.69, 9.17) is 0 Å². The summed E-state index contributed by atoms with van der Waals surface area (Å²) in [5, 5.41) is 6.24. The number of piperazine rings is 1. The van der Waals surface area contributed by atoms with Crippen LogP contribution in [0.1, 0.15) is 41.0 Å². The molecular weight excluding hydrogens is 242 g/mol. The quantitative estimate of drug-likeness (QED) is 0.732. The molecule has 0 aromatic rings. The van der Waals surface area contributed by atoms with Gasteiger partial charge in [0, 0.05) is 12.1 Å². The first kappa shape index (κ1) is 14.3. The van der Waals surface area contributed by atoms with Gasteiger partial charge in [0.2, 0.25) is 11.8 Å². The maximum absolute atomic E-state index is 12.3. The SMILES string of the molecule is CC(C)C[C@@H]1N[C@@H](C(=O)NC(C)(C)C)[C@@H]2CN2C1=O. The first-order valence-corrected chi connectivity index (χ1v) is 7.07. The number of amides is 2. The molecule has 0 aromatic heterocycles. The molecule has 0 unspecified atom stereocenters. The number of fused-ring (bicyclic) bond motifs is 1. The zero-order valence-corrected chi connectivity index (χ0v) is 12.5. The van der Waals surface area contributed by atoms with Crippen molar-refractivity contribution in [3.8, 4) is 0 Å². The average Bonchev–Trinajstić information content (AvgIpc) is 2.98. The van der Waals surface area contributed by atoms with Gasteiger partial charge in [0.05, 0.1) is 12.1 Å². The fourth-order valence-corrected chi connectivity index (χ4v) is 2.63. The molecule has 2 rings (SSSR count). The predicted octanol–water partition coefficient (Wildman–Crippen LogP) is 0.498. The second-order valence-electron chi connectivity index (χ2n) is 7.12. The molecular formula is C14H25N3O2. The molecule has 2 N–H and O–H groups in total. The Morgan fingerprint density at radius 2 is 2.11 bits per heavy atom. The molecule has 2 heterocycles. The van der Waals surface area contributed by atoms with Crippen LogP contribution in [-0.2, 0) is 9.59 Å². The van der Waals surface area contributed by atoms with E-state index in [1.165, 1.54) is 0 Å². The molecule has 0 aliphatic carbocycles. The van der Waals surface area contributed by atoms with Crippen LogP contribution in [0.4, 0.5) is 0 Å². The summed E-state index contributed by atoms with van der Waals surface area (Å²) in [7, 11) is 0. The number of carbonyl (C=O) groups excluding carboxylic acids is 2. The Balaban J connectivity index is 2.03. The average molecular weight is 267 g/mol. The molecule has 0 spiro atoms. The minimum absolute atomic E-state index is 0.00116. The van der Waals surface area contributed by atoms with Crippen molar-refractivity contribution >= 4 is 11.8 Å². The highest BCUT2D eigenvalue weighted by Crippen LogP contribution is 2.29. The normalized spacial score (nSPS) is 30.3. The van der Waals surface area contributed by atoms with Gasteiger partial charge in [-0.25, -0.2) is 0 Å². The molecule has 0 bridgehead atoms. The third kappa shape index (κ3) is 3.26. The Bertz CT molecular complexity index is 387. The molecule has 0 aromatic carbocycles. The van der Waals surface area contributed by atoms with E-state index in [2.05, 4.69) is 24.5 Å². The Morgan fingerprint density at radius 1 is 1.47 bits per heavy atom. The maximum atomic E-state index is 12.3. The van der Waals surface area contributed by atoms with Gasteiger partial charge in [-0.1, -0.05) is 13.8 Å². The number of carbonyl (C=O) groups is 2. The Morgan fingerprint density at radius 3 is 2.63 bits per heavy atom. The van der Waals surface area contributed by atoms with Gasteiger partial charge in [0.25, 0.3) is 0 Å². The summed E-state index contributed by atoms with van der Waals surface area (Å²) < 4.78 is 0. The van der Waals surface area contributed by atoms with Crippen LogP contribution in [0.3, 0.4) is 0 Å². The van der Waals surface area contributed by atoms with Crippen molar-refractivity contribution in [3.05, 3.63) is 0 Å². The second kappa shape index (κ2) is 4.78. The molecule has 0 saturated carbocycles. The lowest BCUT2D eigenvalue weighted by Crippen LogP contribution is -2.61. The van der Waals surface area contributed by atoms with E-state index in [1.807, 2.05) is 25.7 Å². The Kier molecular flexibility index (Phi) is 3.60. The molecule has 3 atom stereocenters. The van der Waals surface area contributed by atoms with E-state index in [0.29, 0.717) is 12.5 Å². The standard InChI is InChI=1S/C14H25N3O2/c1-8(2)6-9-13(19)17-7-10(17)11(15-9)12(18)16-14(3,4)5/h8-11,15H,6-7H2,1-5H3,(H,16,18)/t9-,10-,11+,17?/m0/s1. The van der Waals surface area contributed by atoms with Crippen molar-refractivity contribution in [1.82, 2.24) is 15.5 Å². The Labute approximate surface area is 115 Å². The lowest BCUT2D eigenvalue weighted by Gasteiger charge is -2.32. The molecule has 2 aliphatic rings. The maximum Gasteiger partial charge on any atom is 0.240 e. The van der Waals surface area contributed by atoms with E-state index in [9.17, 15) is 9.59 Å². The van der Waals surface area contributed by atoms with Crippen LogP contribution in [0.25, 0.3) is 0 Å². The minimum atomic E-state index is -0.263. The van der Waals surface area contributed by atoms with Gasteiger partial charge in [-0.05, 0) is 33.1 Å². The van der Waals surface area contributed by atoms with E-state index in [-0.39, 0.29) is 35.5 Å². The van der Waals surface area contributed by atoms with Gasteiger partial charge in [-0.15, -0.1) is 0 Å². The van der Waals surface area contributed by atoms with Gasteiger partial charge >= 0.3 is 0 Å². The lowest BCUT2D eigenvalue weighted by molar-refractivity contribution is -0.133. The van der Waals surface area contributed by atoms with Crippen molar-refractivity contribution in [2.45, 2.75) is 64.7 Å². The number of hydrogen-bond acceptors (Lipinski definition) is 3. The smallest absolute Gasteiger partial charge is 0.240 e. The monoisotopic (exact) mass is 267 g/mol. The number of hydrogen-bond donors (Lipinski definition) is 2. The van der Waals surface area contributed by atoms with Crippen LogP contribution in [0, 0.1) is 5.92 Å². The fraction of sp³-hybridized carbons (Fsp3) is 0.857. The van der Waals surface area contributed by atoms with Crippen molar-refractivity contribution in [2.75, 3.05) is 6.54 Å². The zero-order chi connectivity index (χ0) is 14.4. The van der Waals surface area contributed by atoms with Gasteiger partial charge in [0.15, 0.2) is 0 Å². The van der Waals surface area contributed by atoms with Gasteiger partial charge < -0.3 is 10.2 Å². The van der Waals surface area contributed by atoms with Crippen molar-refractivity contribution < 1.29 is 9.59 Å². The van der Waals surface area contributed by atoms with Gasteiger partial charge in [-0.2, -0.15) is 0 Å². The topological polar surface area (TPSA) is 61.2 Å². The highest BCUT2D eigenvalue weighted by atomic mass is 16.2. The summed E-state index contributed by atoms with van der Waals surface area (Å²) in [5.74, 6) is 0.587. The first-order valence-electron chi connectivity index (χ1n) is 7.07. The summed E-state index contributed by atoms with van der Waals surface area (Å²) in [6.45, 7) is 10.8. The zero-order valence-electron chi connectivity index (χ0n) is 12.5. The van der Waals surface area contributed by atoms with Crippen LogP contribution in [-0.4, -0.2) is 46.9 Å². The predicted molar refractivity (Wildman–Crippen MR) is 73.6 cm³/mol. The fourth-order valence-electron chi connectivity index (χ4n) is 2.63. The highest BCUT2D eigenvalue weighted by molar-refractivity contribution is 5.92. The summed E-state index contributed by atoms with van der Waals surface area (Å²) in [6, 6.07) is -0.423. The molecule has 108 valence electrons. The molecule has 2 saturated heterocycles. The third-order valence-corrected chi connectivity index (χ3v) is 3.48. The summed E-state index contributed by atoms with van der Waals surface area (Å²) in [4.78, 5) is 26.2. The summed E-state index contributed by atoms with van der Waals surface area (Å²) in [6.07, 6.45) is 0.779. The molecule has 19 heavy (non-hydrogen) atoms. The van der Waals surface area contributed by atoms with Crippen molar-refractivity contribution in [3.63, 3.8) is 0 Å². The molecule has 5 nitrogen and oxygen atoms in total. The van der Waals surface area contributed by atoms with Crippen molar-refractivity contribution in [2.24, 2.45) is 5.92 Å². The highest BCUT2D eigenvalue weighted by Gasteiger charge is 2.54. The molecule has 0 radical (unpaired) electrons. The van der Waals surface area contributed by atoms with Crippen molar-refractivity contribution in [1.29, 1.82) is 0 Å². The molecule has 2 fully saturated rings. The summed E-state index contributed by atoms with van der Waals surface area (Å²) >= 11 is 0. The van der Waals surface area contributed by atoms with Crippen LogP contribution in [0.2, 0.25) is 0 Å². The number of nitrogens with one attached hydrogen (secondary N) is 2. The van der Waals surface area contributed by atoms with E-state index >= 15 is 0 Å². The lowest BCUT2D eigenvalue weighted by atomic mass is 9.99. The third-order valence-electron chi connectivity index (χ3n) is 3.48. The van der Waals surface area contributed by atoms with Crippen LogP contribution in [0.15, 0.2) is 0 Å². The first-order chi connectivity index (χ1) is 8.69. The van der Waals surface area contributed by atoms with E-state index in [1.54, 1.807) is 0 Å². The van der Waals surface area contributed by atoms with E-state index < -0.39 is 0 Å². The van der Waals surface area contributed by atoms with Gasteiger partial charge in [-0.3, -0.25) is 14.9 Å². The van der Waals surface area contributed by atoms with Crippen LogP contribution >= 0.6 is 0 Å². The Hall–Kier alpha value is -1.10. The number of nitrogens with zero attached hydrogens (tertiary/aromatic N) is 1.